The van der Waals surface area contributed by atoms with Gasteiger partial charge in [0.2, 0.25) is 5.91 Å². The third-order valence-electron chi connectivity index (χ3n) is 3.80. The fraction of sp³-hybridized carbons (Fsp3) is 0.929. The zero-order chi connectivity index (χ0) is 12.7. The summed E-state index contributed by atoms with van der Waals surface area (Å²) in [6, 6.07) is 0.214. The molecule has 3 heteroatoms. The van der Waals surface area contributed by atoms with Crippen LogP contribution in [0.2, 0.25) is 0 Å². The van der Waals surface area contributed by atoms with Crippen molar-refractivity contribution in [2.45, 2.75) is 64.8 Å². The summed E-state index contributed by atoms with van der Waals surface area (Å²) in [5.74, 6) is 0.842. The Kier molecular flexibility index (Phi) is 6.56. The number of nitrogens with two attached hydrogens (primary N) is 1. The molecule has 0 aromatic heterocycles. The molecule has 0 saturated carbocycles. The quantitative estimate of drug-likeness (QED) is 0.725. The lowest BCUT2D eigenvalue weighted by Gasteiger charge is -2.34. The Hall–Kier alpha value is -0.570. The SMILES string of the molecule is CCCCCCC(=O)N1CCCC(C(C)N)C1. The second-order valence-electron chi connectivity index (χ2n) is 5.41. The van der Waals surface area contributed by atoms with Crippen LogP contribution in [-0.4, -0.2) is 29.9 Å². The number of nitrogens with zero attached hydrogens (tertiary/aromatic N) is 1. The lowest BCUT2D eigenvalue weighted by molar-refractivity contribution is -0.133. The van der Waals surface area contributed by atoms with Crippen molar-refractivity contribution in [2.75, 3.05) is 13.1 Å². The predicted molar refractivity (Wildman–Crippen MR) is 71.7 cm³/mol. The van der Waals surface area contributed by atoms with Crippen LogP contribution < -0.4 is 5.73 Å². The molecule has 1 heterocycles. The van der Waals surface area contributed by atoms with Crippen molar-refractivity contribution in [3.63, 3.8) is 0 Å². The highest BCUT2D eigenvalue weighted by Gasteiger charge is 2.25. The van der Waals surface area contributed by atoms with Gasteiger partial charge in [0.25, 0.3) is 0 Å². The fourth-order valence-corrected chi connectivity index (χ4v) is 2.53. The number of amides is 1. The molecular formula is C14H28N2O. The molecule has 1 saturated heterocycles. The second kappa shape index (κ2) is 7.70. The van der Waals surface area contributed by atoms with Gasteiger partial charge in [-0.05, 0) is 32.1 Å². The van der Waals surface area contributed by atoms with Gasteiger partial charge < -0.3 is 10.6 Å². The van der Waals surface area contributed by atoms with Crippen molar-refractivity contribution in [3.05, 3.63) is 0 Å². The molecule has 0 aromatic rings. The Bertz CT molecular complexity index is 228. The highest BCUT2D eigenvalue weighted by atomic mass is 16.2. The van der Waals surface area contributed by atoms with E-state index in [1.807, 2.05) is 4.90 Å². The van der Waals surface area contributed by atoms with E-state index in [4.69, 9.17) is 5.73 Å². The number of hydrogen-bond donors (Lipinski definition) is 1. The summed E-state index contributed by atoms with van der Waals surface area (Å²) in [5, 5.41) is 0. The molecule has 100 valence electrons. The summed E-state index contributed by atoms with van der Waals surface area (Å²) >= 11 is 0. The van der Waals surface area contributed by atoms with E-state index >= 15 is 0 Å². The Labute approximate surface area is 106 Å². The van der Waals surface area contributed by atoms with Gasteiger partial charge in [-0.1, -0.05) is 26.2 Å². The maximum absolute atomic E-state index is 12.0. The van der Waals surface area contributed by atoms with E-state index in [0.717, 1.165) is 32.4 Å². The number of unbranched alkanes of at least 4 members (excludes halogenated alkanes) is 3. The van der Waals surface area contributed by atoms with Gasteiger partial charge in [-0.3, -0.25) is 4.79 Å². The molecule has 2 N–H and O–H groups in total. The van der Waals surface area contributed by atoms with Gasteiger partial charge in [-0.2, -0.15) is 0 Å². The van der Waals surface area contributed by atoms with Crippen LogP contribution >= 0.6 is 0 Å². The van der Waals surface area contributed by atoms with E-state index in [1.165, 1.54) is 25.7 Å². The van der Waals surface area contributed by atoms with E-state index < -0.39 is 0 Å². The zero-order valence-electron chi connectivity index (χ0n) is 11.5. The second-order valence-corrected chi connectivity index (χ2v) is 5.41. The summed E-state index contributed by atoms with van der Waals surface area (Å²) < 4.78 is 0. The van der Waals surface area contributed by atoms with Crippen LogP contribution in [0.3, 0.4) is 0 Å². The minimum Gasteiger partial charge on any atom is -0.342 e. The van der Waals surface area contributed by atoms with Crippen LogP contribution in [0, 0.1) is 5.92 Å². The molecule has 0 aromatic carbocycles. The fourth-order valence-electron chi connectivity index (χ4n) is 2.53. The predicted octanol–water partition coefficient (Wildman–Crippen LogP) is 2.54. The number of hydrogen-bond acceptors (Lipinski definition) is 2. The van der Waals surface area contributed by atoms with E-state index in [-0.39, 0.29) is 6.04 Å². The number of piperidine rings is 1. The molecule has 1 fully saturated rings. The summed E-state index contributed by atoms with van der Waals surface area (Å²) in [4.78, 5) is 14.0. The van der Waals surface area contributed by atoms with Crippen LogP contribution in [0.1, 0.15) is 58.8 Å². The highest BCUT2D eigenvalue weighted by Crippen LogP contribution is 2.19. The molecule has 1 amide bonds. The third-order valence-corrected chi connectivity index (χ3v) is 3.80. The van der Waals surface area contributed by atoms with Crippen molar-refractivity contribution in [1.29, 1.82) is 0 Å². The van der Waals surface area contributed by atoms with Gasteiger partial charge in [-0.25, -0.2) is 0 Å². The Morgan fingerprint density at radius 1 is 1.41 bits per heavy atom. The van der Waals surface area contributed by atoms with E-state index in [1.54, 1.807) is 0 Å². The number of likely N-dealkylation sites (tertiary alicyclic amines) is 1. The monoisotopic (exact) mass is 240 g/mol. The number of rotatable bonds is 6. The molecule has 0 radical (unpaired) electrons. The van der Waals surface area contributed by atoms with Gasteiger partial charge in [0.1, 0.15) is 0 Å². The summed E-state index contributed by atoms with van der Waals surface area (Å²) in [7, 11) is 0. The Balaban J connectivity index is 2.26. The molecular weight excluding hydrogens is 212 g/mol. The molecule has 0 bridgehead atoms. The number of carbonyl (C=O) groups excluding carboxylic acids is 1. The largest absolute Gasteiger partial charge is 0.342 e. The maximum atomic E-state index is 12.0. The van der Waals surface area contributed by atoms with E-state index in [2.05, 4.69) is 13.8 Å². The minimum atomic E-state index is 0.214. The minimum absolute atomic E-state index is 0.214. The zero-order valence-corrected chi connectivity index (χ0v) is 11.5. The van der Waals surface area contributed by atoms with E-state index in [0.29, 0.717) is 11.8 Å². The summed E-state index contributed by atoms with van der Waals surface area (Å²) in [6.07, 6.45) is 7.73. The molecule has 1 rings (SSSR count). The third kappa shape index (κ3) is 5.07. The first-order valence-corrected chi connectivity index (χ1v) is 7.18. The molecule has 17 heavy (non-hydrogen) atoms. The maximum Gasteiger partial charge on any atom is 0.222 e. The van der Waals surface area contributed by atoms with Gasteiger partial charge in [-0.15, -0.1) is 0 Å². The van der Waals surface area contributed by atoms with Crippen LogP contribution in [0.25, 0.3) is 0 Å². The molecule has 3 nitrogen and oxygen atoms in total. The van der Waals surface area contributed by atoms with Crippen LogP contribution in [0.5, 0.6) is 0 Å². The molecule has 0 aliphatic carbocycles. The molecule has 0 spiro atoms. The van der Waals surface area contributed by atoms with Crippen molar-refractivity contribution in [1.82, 2.24) is 4.90 Å². The standard InChI is InChI=1S/C14H28N2O/c1-3-4-5-6-9-14(17)16-10-7-8-13(11-16)12(2)15/h12-13H,3-11,15H2,1-2H3. The average molecular weight is 240 g/mol. The van der Waals surface area contributed by atoms with Crippen molar-refractivity contribution in [3.8, 4) is 0 Å². The lowest BCUT2D eigenvalue weighted by Crippen LogP contribution is -2.44. The first-order valence-electron chi connectivity index (χ1n) is 7.18. The molecule has 1 aliphatic rings. The van der Waals surface area contributed by atoms with Crippen molar-refractivity contribution < 1.29 is 4.79 Å². The van der Waals surface area contributed by atoms with E-state index in [9.17, 15) is 4.79 Å². The van der Waals surface area contributed by atoms with Crippen molar-refractivity contribution in [2.24, 2.45) is 11.7 Å². The van der Waals surface area contributed by atoms with Crippen molar-refractivity contribution >= 4 is 5.91 Å². The topological polar surface area (TPSA) is 46.3 Å². The first-order chi connectivity index (χ1) is 8.15. The molecule has 2 unspecified atom stereocenters. The first kappa shape index (κ1) is 14.5. The smallest absolute Gasteiger partial charge is 0.222 e. The average Bonchev–Trinajstić information content (AvgIpc) is 2.34. The van der Waals surface area contributed by atoms with Gasteiger partial charge >= 0.3 is 0 Å². The Morgan fingerprint density at radius 3 is 2.82 bits per heavy atom. The molecule has 1 aliphatic heterocycles. The van der Waals surface area contributed by atoms with Crippen LogP contribution in [0.15, 0.2) is 0 Å². The van der Waals surface area contributed by atoms with Gasteiger partial charge in [0, 0.05) is 25.6 Å². The van der Waals surface area contributed by atoms with Crippen LogP contribution in [-0.2, 0) is 4.79 Å². The molecule has 2 atom stereocenters. The summed E-state index contributed by atoms with van der Waals surface area (Å²) in [5.41, 5.74) is 5.93. The normalized spacial score (nSPS) is 22.5. The highest BCUT2D eigenvalue weighted by molar-refractivity contribution is 5.76. The van der Waals surface area contributed by atoms with Gasteiger partial charge in [0.05, 0.1) is 0 Å². The van der Waals surface area contributed by atoms with Gasteiger partial charge in [0.15, 0.2) is 0 Å². The number of carbonyl (C=O) groups is 1. The lowest BCUT2D eigenvalue weighted by atomic mass is 9.92. The Morgan fingerprint density at radius 2 is 2.18 bits per heavy atom. The summed E-state index contributed by atoms with van der Waals surface area (Å²) in [6.45, 7) is 6.07. The van der Waals surface area contributed by atoms with Crippen LogP contribution in [0.4, 0.5) is 0 Å².